The number of carbonyl (C=O) groups excluding carboxylic acids is 1. The Morgan fingerprint density at radius 1 is 1.42 bits per heavy atom. The molecule has 0 spiro atoms. The smallest absolute Gasteiger partial charge is 0.221 e. The number of carbonyl (C=O) groups is 1. The van der Waals surface area contributed by atoms with Crippen LogP contribution in [0.15, 0.2) is 12.2 Å². The third-order valence-electron chi connectivity index (χ3n) is 1.52. The Morgan fingerprint density at radius 3 is 2.58 bits per heavy atom. The molecule has 0 bridgehead atoms. The predicted molar refractivity (Wildman–Crippen MR) is 53.3 cm³/mol. The fraction of sp³-hybridized carbons (Fsp3) is 0.700. The molecule has 70 valence electrons. The molecule has 1 nitrogen and oxygen atoms in total. The third kappa shape index (κ3) is 9.70. The molecule has 0 heterocycles. The fourth-order valence-electron chi connectivity index (χ4n) is 0.845. The lowest BCUT2D eigenvalue weighted by atomic mass is 10.1. The number of hydrogen-bond donors (Lipinski definition) is 0. The van der Waals surface area contributed by atoms with E-state index in [1.54, 1.807) is 0 Å². The summed E-state index contributed by atoms with van der Waals surface area (Å²) in [4.78, 5) is 10.3. The highest BCUT2D eigenvalue weighted by molar-refractivity contribution is 6.63. The SMILES string of the molecule is CC(C)C/C=C\CCCC(=O)Cl. The molecule has 0 amide bonds. The standard InChI is InChI=1S/C10H17ClO/c1-9(2)7-5-3-4-6-8-10(11)12/h3,5,9H,4,6-8H2,1-2H3/b5-3-. The molecule has 12 heavy (non-hydrogen) atoms. The molecule has 0 rings (SSSR count). The van der Waals surface area contributed by atoms with Gasteiger partial charge in [-0.1, -0.05) is 26.0 Å². The predicted octanol–water partition coefficient (Wildman–Crippen LogP) is 3.52. The summed E-state index contributed by atoms with van der Waals surface area (Å²) in [6.07, 6.45) is 7.74. The first kappa shape index (κ1) is 11.7. The van der Waals surface area contributed by atoms with Gasteiger partial charge in [0.25, 0.3) is 0 Å². The summed E-state index contributed by atoms with van der Waals surface area (Å²) >= 11 is 5.18. The van der Waals surface area contributed by atoms with Gasteiger partial charge in [0.05, 0.1) is 0 Å². The summed E-state index contributed by atoms with van der Waals surface area (Å²) < 4.78 is 0. The van der Waals surface area contributed by atoms with E-state index in [-0.39, 0.29) is 5.24 Å². The van der Waals surface area contributed by atoms with Crippen molar-refractivity contribution in [3.63, 3.8) is 0 Å². The van der Waals surface area contributed by atoms with Gasteiger partial charge < -0.3 is 0 Å². The largest absolute Gasteiger partial charge is 0.281 e. The molecule has 0 unspecified atom stereocenters. The van der Waals surface area contributed by atoms with Crippen molar-refractivity contribution in [2.75, 3.05) is 0 Å². The van der Waals surface area contributed by atoms with Gasteiger partial charge >= 0.3 is 0 Å². The van der Waals surface area contributed by atoms with Crippen LogP contribution >= 0.6 is 11.6 Å². The maximum atomic E-state index is 10.3. The molecule has 0 aromatic heterocycles. The van der Waals surface area contributed by atoms with Crippen LogP contribution in [0.4, 0.5) is 0 Å². The van der Waals surface area contributed by atoms with Gasteiger partial charge in [-0.25, -0.2) is 0 Å². The van der Waals surface area contributed by atoms with Crippen LogP contribution in [-0.4, -0.2) is 5.24 Å². The molecule has 0 aliphatic heterocycles. The van der Waals surface area contributed by atoms with Crippen molar-refractivity contribution < 1.29 is 4.79 Å². The van der Waals surface area contributed by atoms with Crippen molar-refractivity contribution in [3.8, 4) is 0 Å². The summed E-state index contributed by atoms with van der Waals surface area (Å²) in [5.41, 5.74) is 0. The van der Waals surface area contributed by atoms with Crippen LogP contribution in [0.1, 0.15) is 39.5 Å². The van der Waals surface area contributed by atoms with Crippen molar-refractivity contribution in [2.24, 2.45) is 5.92 Å². The van der Waals surface area contributed by atoms with Crippen molar-refractivity contribution in [3.05, 3.63) is 12.2 Å². The average molecular weight is 189 g/mol. The third-order valence-corrected chi connectivity index (χ3v) is 1.71. The van der Waals surface area contributed by atoms with E-state index >= 15 is 0 Å². The Kier molecular flexibility index (Phi) is 7.17. The minimum absolute atomic E-state index is 0.229. The number of hydrogen-bond acceptors (Lipinski definition) is 1. The topological polar surface area (TPSA) is 17.1 Å². The van der Waals surface area contributed by atoms with Gasteiger partial charge in [0.1, 0.15) is 0 Å². The quantitative estimate of drug-likeness (QED) is 0.354. The number of allylic oxidation sites excluding steroid dienone is 2. The van der Waals surface area contributed by atoms with E-state index in [9.17, 15) is 4.79 Å². The van der Waals surface area contributed by atoms with Gasteiger partial charge in [0.15, 0.2) is 0 Å². The highest BCUT2D eigenvalue weighted by atomic mass is 35.5. The Labute approximate surface area is 79.8 Å². The van der Waals surface area contributed by atoms with Gasteiger partial charge in [-0.15, -0.1) is 0 Å². The highest BCUT2D eigenvalue weighted by Crippen LogP contribution is 2.03. The molecule has 2 heteroatoms. The van der Waals surface area contributed by atoms with Crippen LogP contribution in [-0.2, 0) is 4.79 Å². The first-order valence-electron chi connectivity index (χ1n) is 4.46. The second-order valence-electron chi connectivity index (χ2n) is 3.35. The van der Waals surface area contributed by atoms with Crippen molar-refractivity contribution in [2.45, 2.75) is 39.5 Å². The van der Waals surface area contributed by atoms with Gasteiger partial charge in [-0.3, -0.25) is 4.79 Å². The summed E-state index contributed by atoms with van der Waals surface area (Å²) in [7, 11) is 0. The maximum absolute atomic E-state index is 10.3. The van der Waals surface area contributed by atoms with Gasteiger partial charge in [0.2, 0.25) is 5.24 Å². The van der Waals surface area contributed by atoms with Crippen LogP contribution in [0.3, 0.4) is 0 Å². The first-order valence-corrected chi connectivity index (χ1v) is 4.84. The summed E-state index contributed by atoms with van der Waals surface area (Å²) in [6.45, 7) is 4.37. The Bertz CT molecular complexity index is 150. The molecule has 0 fully saturated rings. The molecule has 0 aliphatic rings. The lowest BCUT2D eigenvalue weighted by Crippen LogP contribution is -1.84. The molecule has 0 saturated heterocycles. The average Bonchev–Trinajstić information content (AvgIpc) is 1.95. The molecule has 0 aromatic rings. The maximum Gasteiger partial charge on any atom is 0.221 e. The van der Waals surface area contributed by atoms with Crippen LogP contribution in [0.5, 0.6) is 0 Å². The van der Waals surface area contributed by atoms with E-state index in [0.717, 1.165) is 25.2 Å². The zero-order valence-electron chi connectivity index (χ0n) is 7.85. The summed E-state index contributed by atoms with van der Waals surface area (Å²) in [5.74, 6) is 0.718. The molecule has 0 N–H and O–H groups in total. The van der Waals surface area contributed by atoms with Gasteiger partial charge in [0, 0.05) is 6.42 Å². The zero-order chi connectivity index (χ0) is 9.40. The number of rotatable bonds is 6. The molecular weight excluding hydrogens is 172 g/mol. The Balaban J connectivity index is 3.19. The number of halogens is 1. The van der Waals surface area contributed by atoms with Crippen LogP contribution in [0.25, 0.3) is 0 Å². The van der Waals surface area contributed by atoms with Gasteiger partial charge in [-0.2, -0.15) is 0 Å². The van der Waals surface area contributed by atoms with E-state index in [1.165, 1.54) is 0 Å². The van der Waals surface area contributed by atoms with E-state index < -0.39 is 0 Å². The van der Waals surface area contributed by atoms with Crippen molar-refractivity contribution in [1.82, 2.24) is 0 Å². The molecule has 0 radical (unpaired) electrons. The van der Waals surface area contributed by atoms with E-state index in [4.69, 9.17) is 11.6 Å². The fourth-order valence-corrected chi connectivity index (χ4v) is 0.979. The second-order valence-corrected chi connectivity index (χ2v) is 3.77. The Morgan fingerprint density at radius 2 is 2.08 bits per heavy atom. The van der Waals surface area contributed by atoms with E-state index in [0.29, 0.717) is 6.42 Å². The first-order chi connectivity index (χ1) is 5.63. The van der Waals surface area contributed by atoms with Crippen molar-refractivity contribution in [1.29, 1.82) is 0 Å². The minimum Gasteiger partial charge on any atom is -0.281 e. The van der Waals surface area contributed by atoms with Gasteiger partial charge in [-0.05, 0) is 36.8 Å². The lowest BCUT2D eigenvalue weighted by Gasteiger charge is -1.96. The highest BCUT2D eigenvalue weighted by Gasteiger charge is 1.93. The molecule has 0 atom stereocenters. The molecule has 0 aromatic carbocycles. The second kappa shape index (κ2) is 7.35. The van der Waals surface area contributed by atoms with Crippen LogP contribution < -0.4 is 0 Å². The van der Waals surface area contributed by atoms with E-state index in [2.05, 4.69) is 26.0 Å². The van der Waals surface area contributed by atoms with Crippen LogP contribution in [0, 0.1) is 5.92 Å². The summed E-state index contributed by atoms with van der Waals surface area (Å²) in [5, 5.41) is -0.229. The number of unbranched alkanes of at least 4 members (excludes halogenated alkanes) is 1. The summed E-state index contributed by atoms with van der Waals surface area (Å²) in [6, 6.07) is 0. The lowest BCUT2D eigenvalue weighted by molar-refractivity contribution is -0.111. The monoisotopic (exact) mass is 188 g/mol. The zero-order valence-corrected chi connectivity index (χ0v) is 8.60. The molecule has 0 aliphatic carbocycles. The molecule has 0 saturated carbocycles. The van der Waals surface area contributed by atoms with Crippen molar-refractivity contribution >= 4 is 16.8 Å². The van der Waals surface area contributed by atoms with Crippen LogP contribution in [0.2, 0.25) is 0 Å². The van der Waals surface area contributed by atoms with E-state index in [1.807, 2.05) is 0 Å². The molecular formula is C10H17ClO. The minimum atomic E-state index is -0.229. The normalized spacial score (nSPS) is 11.3. The Hall–Kier alpha value is -0.300.